The maximum Gasteiger partial charge on any atom is 0.147 e. The highest BCUT2D eigenvalue weighted by molar-refractivity contribution is 6.32. The lowest BCUT2D eigenvalue weighted by Crippen LogP contribution is -2.37. The summed E-state index contributed by atoms with van der Waals surface area (Å²) in [5.41, 5.74) is 3.05. The molecule has 0 radical (unpaired) electrons. The molecule has 0 aromatic heterocycles. The monoisotopic (exact) mass is 317 g/mol. The Morgan fingerprint density at radius 1 is 1.40 bits per heavy atom. The summed E-state index contributed by atoms with van der Waals surface area (Å²) >= 11 is 12.7. The minimum Gasteiger partial charge on any atom is -0.491 e. The van der Waals surface area contributed by atoms with Crippen LogP contribution in [0.2, 0.25) is 5.02 Å². The molecule has 5 heteroatoms. The molecule has 0 spiro atoms. The van der Waals surface area contributed by atoms with Gasteiger partial charge in [-0.3, -0.25) is 0 Å². The summed E-state index contributed by atoms with van der Waals surface area (Å²) < 4.78 is 11.3. The molecule has 1 aliphatic heterocycles. The highest BCUT2D eigenvalue weighted by atomic mass is 35.5. The van der Waals surface area contributed by atoms with Crippen LogP contribution in [0.15, 0.2) is 6.07 Å². The molecule has 0 N–H and O–H groups in total. The van der Waals surface area contributed by atoms with E-state index in [0.717, 1.165) is 53.9 Å². The Morgan fingerprint density at radius 3 is 2.60 bits per heavy atom. The first kappa shape index (κ1) is 15.7. The number of halogens is 2. The van der Waals surface area contributed by atoms with Crippen molar-refractivity contribution in [2.75, 3.05) is 37.8 Å². The van der Waals surface area contributed by atoms with Gasteiger partial charge in [0.2, 0.25) is 0 Å². The van der Waals surface area contributed by atoms with E-state index in [4.69, 9.17) is 32.7 Å². The number of ether oxygens (including phenoxy) is 2. The van der Waals surface area contributed by atoms with Gasteiger partial charge in [-0.25, -0.2) is 0 Å². The number of hydrogen-bond acceptors (Lipinski definition) is 3. The highest BCUT2D eigenvalue weighted by Gasteiger charge is 2.24. The molecule has 0 saturated carbocycles. The lowest BCUT2D eigenvalue weighted by Gasteiger charge is -2.33. The molecule has 0 aliphatic carbocycles. The van der Waals surface area contributed by atoms with Crippen molar-refractivity contribution in [2.45, 2.75) is 26.1 Å². The number of alkyl halides is 1. The number of anilines is 1. The van der Waals surface area contributed by atoms with Gasteiger partial charge in [-0.05, 0) is 32.4 Å². The maximum absolute atomic E-state index is 6.38. The summed E-state index contributed by atoms with van der Waals surface area (Å²) in [6.45, 7) is 9.69. The van der Waals surface area contributed by atoms with Crippen LogP contribution in [0.4, 0.5) is 5.69 Å². The molecule has 1 atom stereocenters. The van der Waals surface area contributed by atoms with Crippen LogP contribution < -0.4 is 9.64 Å². The first-order valence-corrected chi connectivity index (χ1v) is 7.80. The van der Waals surface area contributed by atoms with E-state index in [2.05, 4.69) is 4.90 Å². The average molecular weight is 318 g/mol. The van der Waals surface area contributed by atoms with Crippen molar-refractivity contribution in [2.24, 2.45) is 0 Å². The Balaban J connectivity index is 2.55. The van der Waals surface area contributed by atoms with Crippen LogP contribution in [0.3, 0.4) is 0 Å². The Kier molecular flexibility index (Phi) is 5.42. The van der Waals surface area contributed by atoms with E-state index >= 15 is 0 Å². The number of rotatable bonds is 4. The van der Waals surface area contributed by atoms with Gasteiger partial charge in [0, 0.05) is 23.7 Å². The Labute approximate surface area is 130 Å². The van der Waals surface area contributed by atoms with Crippen LogP contribution >= 0.6 is 23.2 Å². The van der Waals surface area contributed by atoms with Crippen LogP contribution in [-0.2, 0) is 4.74 Å². The van der Waals surface area contributed by atoms with Gasteiger partial charge < -0.3 is 14.4 Å². The van der Waals surface area contributed by atoms with Crippen molar-refractivity contribution in [3.63, 3.8) is 0 Å². The zero-order chi connectivity index (χ0) is 14.7. The zero-order valence-electron chi connectivity index (χ0n) is 12.2. The SMILES string of the molecule is CCOc1c(C(C)Cl)cc(Cl)c(C)c1N1CCOCC1. The third-order valence-electron chi connectivity index (χ3n) is 3.52. The summed E-state index contributed by atoms with van der Waals surface area (Å²) in [5, 5.41) is 0.590. The second-order valence-electron chi connectivity index (χ2n) is 4.90. The van der Waals surface area contributed by atoms with E-state index in [1.165, 1.54) is 0 Å². The molecule has 112 valence electrons. The number of benzene rings is 1. The van der Waals surface area contributed by atoms with E-state index in [0.29, 0.717) is 6.61 Å². The van der Waals surface area contributed by atoms with Crippen LogP contribution in [0.25, 0.3) is 0 Å². The minimum atomic E-state index is -0.144. The number of nitrogens with zero attached hydrogens (tertiary/aromatic N) is 1. The maximum atomic E-state index is 6.38. The smallest absolute Gasteiger partial charge is 0.147 e. The van der Waals surface area contributed by atoms with Gasteiger partial charge in [-0.1, -0.05) is 11.6 Å². The summed E-state index contributed by atoms with van der Waals surface area (Å²) in [6.07, 6.45) is 0. The predicted octanol–water partition coefficient (Wildman–Crippen LogP) is 4.18. The molecule has 20 heavy (non-hydrogen) atoms. The topological polar surface area (TPSA) is 21.7 Å². The van der Waals surface area contributed by atoms with Crippen LogP contribution in [0, 0.1) is 6.92 Å². The fraction of sp³-hybridized carbons (Fsp3) is 0.600. The van der Waals surface area contributed by atoms with E-state index < -0.39 is 0 Å². The van der Waals surface area contributed by atoms with Gasteiger partial charge in [0.25, 0.3) is 0 Å². The predicted molar refractivity (Wildman–Crippen MR) is 84.7 cm³/mol. The molecule has 1 unspecified atom stereocenters. The second-order valence-corrected chi connectivity index (χ2v) is 5.96. The van der Waals surface area contributed by atoms with Crippen molar-refractivity contribution < 1.29 is 9.47 Å². The summed E-state index contributed by atoms with van der Waals surface area (Å²) in [4.78, 5) is 2.28. The summed E-state index contributed by atoms with van der Waals surface area (Å²) in [5.74, 6) is 0.860. The first-order valence-electron chi connectivity index (χ1n) is 6.98. The Morgan fingerprint density at radius 2 is 2.05 bits per heavy atom. The van der Waals surface area contributed by atoms with Crippen molar-refractivity contribution >= 4 is 28.9 Å². The van der Waals surface area contributed by atoms with Gasteiger partial charge in [0.1, 0.15) is 5.75 Å². The quantitative estimate of drug-likeness (QED) is 0.777. The van der Waals surface area contributed by atoms with E-state index in [-0.39, 0.29) is 5.38 Å². The number of morpholine rings is 1. The normalized spacial score (nSPS) is 17.1. The van der Waals surface area contributed by atoms with E-state index in [1.54, 1.807) is 0 Å². The molecule has 1 saturated heterocycles. The highest BCUT2D eigenvalue weighted by Crippen LogP contribution is 2.43. The first-order chi connectivity index (χ1) is 9.56. The Hall–Kier alpha value is -0.640. The molecule has 2 rings (SSSR count). The average Bonchev–Trinajstić information content (AvgIpc) is 2.44. The third-order valence-corrected chi connectivity index (χ3v) is 4.15. The van der Waals surface area contributed by atoms with Crippen molar-refractivity contribution in [1.29, 1.82) is 0 Å². The van der Waals surface area contributed by atoms with E-state index in [1.807, 2.05) is 26.8 Å². The van der Waals surface area contributed by atoms with Crippen LogP contribution in [-0.4, -0.2) is 32.9 Å². The molecule has 1 fully saturated rings. The minimum absolute atomic E-state index is 0.144. The van der Waals surface area contributed by atoms with Gasteiger partial charge in [-0.15, -0.1) is 11.6 Å². The van der Waals surface area contributed by atoms with Gasteiger partial charge in [0.15, 0.2) is 0 Å². The molecule has 1 aliphatic rings. The van der Waals surface area contributed by atoms with Gasteiger partial charge >= 0.3 is 0 Å². The largest absolute Gasteiger partial charge is 0.491 e. The number of hydrogen-bond donors (Lipinski definition) is 0. The van der Waals surface area contributed by atoms with Crippen LogP contribution in [0.5, 0.6) is 5.75 Å². The molecular weight excluding hydrogens is 297 g/mol. The van der Waals surface area contributed by atoms with E-state index in [9.17, 15) is 0 Å². The summed E-state index contributed by atoms with van der Waals surface area (Å²) in [7, 11) is 0. The fourth-order valence-electron chi connectivity index (χ4n) is 2.49. The fourth-order valence-corrected chi connectivity index (χ4v) is 2.86. The van der Waals surface area contributed by atoms with Crippen molar-refractivity contribution in [3.8, 4) is 5.75 Å². The van der Waals surface area contributed by atoms with Crippen LogP contribution in [0.1, 0.15) is 30.4 Å². The second kappa shape index (κ2) is 6.88. The molecular formula is C15H21Cl2NO2. The lowest BCUT2D eigenvalue weighted by atomic mass is 10.0. The zero-order valence-corrected chi connectivity index (χ0v) is 13.7. The Bertz CT molecular complexity index is 471. The standard InChI is InChI=1S/C15H21Cl2NO2/c1-4-20-15-12(11(3)16)9-13(17)10(2)14(15)18-5-7-19-8-6-18/h9,11H,4-8H2,1-3H3. The molecule has 3 nitrogen and oxygen atoms in total. The molecule has 1 aromatic rings. The van der Waals surface area contributed by atoms with Crippen molar-refractivity contribution in [3.05, 3.63) is 22.2 Å². The molecule has 0 amide bonds. The van der Waals surface area contributed by atoms with Crippen molar-refractivity contribution in [1.82, 2.24) is 0 Å². The summed E-state index contributed by atoms with van der Waals surface area (Å²) in [6, 6.07) is 1.92. The molecule has 0 bridgehead atoms. The third kappa shape index (κ3) is 3.16. The molecule has 1 heterocycles. The molecule has 1 aromatic carbocycles. The lowest BCUT2D eigenvalue weighted by molar-refractivity contribution is 0.122. The van der Waals surface area contributed by atoms with Gasteiger partial charge in [0.05, 0.1) is 30.9 Å². The van der Waals surface area contributed by atoms with Gasteiger partial charge in [-0.2, -0.15) is 0 Å².